The number of aromatic nitrogens is 3. The second kappa shape index (κ2) is 5.44. The van der Waals surface area contributed by atoms with E-state index in [9.17, 15) is 0 Å². The predicted octanol–water partition coefficient (Wildman–Crippen LogP) is 3.99. The molecule has 3 rings (SSSR count). The van der Waals surface area contributed by atoms with Gasteiger partial charge in [-0.2, -0.15) is 0 Å². The molecule has 0 saturated heterocycles. The van der Waals surface area contributed by atoms with Crippen molar-refractivity contribution in [2.24, 2.45) is 0 Å². The van der Waals surface area contributed by atoms with Crippen LogP contribution in [0.2, 0.25) is 5.02 Å². The average Bonchev–Trinajstić information content (AvgIpc) is 2.81. The summed E-state index contributed by atoms with van der Waals surface area (Å²) in [6.45, 7) is 2.01. The fourth-order valence-electron chi connectivity index (χ4n) is 3.07. The number of aryl methyl sites for hydroxylation is 1. The lowest BCUT2D eigenvalue weighted by atomic mass is 9.95. The van der Waals surface area contributed by atoms with Crippen molar-refractivity contribution in [1.82, 2.24) is 14.8 Å². The lowest BCUT2D eigenvalue weighted by Crippen LogP contribution is -2.15. The van der Waals surface area contributed by atoms with Crippen LogP contribution in [0, 0.1) is 6.92 Å². The maximum absolute atomic E-state index is 6.10. The third-order valence-corrected chi connectivity index (χ3v) is 4.30. The van der Waals surface area contributed by atoms with Crippen molar-refractivity contribution in [3.8, 4) is 11.4 Å². The van der Waals surface area contributed by atoms with E-state index >= 15 is 0 Å². The Balaban J connectivity index is 2.05. The first kappa shape index (κ1) is 13.4. The molecular weight excluding hydrogens is 272 g/mol. The second-order valence-electron chi connectivity index (χ2n) is 5.46. The number of anilines is 1. The van der Waals surface area contributed by atoms with Crippen LogP contribution < -0.4 is 5.73 Å². The first-order valence-corrected chi connectivity index (χ1v) is 7.51. The molecule has 0 unspecified atom stereocenters. The van der Waals surface area contributed by atoms with Gasteiger partial charge in [0.2, 0.25) is 0 Å². The molecule has 1 aliphatic carbocycles. The third-order valence-electron chi connectivity index (χ3n) is 4.06. The molecule has 5 heteroatoms. The van der Waals surface area contributed by atoms with Gasteiger partial charge in [-0.15, -0.1) is 10.2 Å². The molecule has 0 bridgehead atoms. The summed E-state index contributed by atoms with van der Waals surface area (Å²) in [7, 11) is 0. The van der Waals surface area contributed by atoms with Crippen LogP contribution in [0.3, 0.4) is 0 Å². The lowest BCUT2D eigenvalue weighted by Gasteiger charge is -2.25. The molecule has 1 heterocycles. The van der Waals surface area contributed by atoms with Crippen molar-refractivity contribution < 1.29 is 0 Å². The normalized spacial score (nSPS) is 16.5. The maximum atomic E-state index is 6.10. The van der Waals surface area contributed by atoms with Gasteiger partial charge >= 0.3 is 0 Å². The monoisotopic (exact) mass is 290 g/mol. The Bertz CT molecular complexity index is 614. The predicted molar refractivity (Wildman–Crippen MR) is 81.7 cm³/mol. The van der Waals surface area contributed by atoms with Crippen LogP contribution in [0.15, 0.2) is 18.2 Å². The molecule has 20 heavy (non-hydrogen) atoms. The van der Waals surface area contributed by atoms with Gasteiger partial charge in [-0.3, -0.25) is 0 Å². The quantitative estimate of drug-likeness (QED) is 0.851. The summed E-state index contributed by atoms with van der Waals surface area (Å²) < 4.78 is 2.25. The topological polar surface area (TPSA) is 56.7 Å². The number of nitrogen functional groups attached to an aromatic ring is 1. The summed E-state index contributed by atoms with van der Waals surface area (Å²) in [6.07, 6.45) is 6.27. The van der Waals surface area contributed by atoms with Gasteiger partial charge in [-0.25, -0.2) is 0 Å². The minimum absolute atomic E-state index is 0.490. The van der Waals surface area contributed by atoms with Crippen molar-refractivity contribution in [1.29, 1.82) is 0 Å². The molecule has 106 valence electrons. The minimum atomic E-state index is 0.490. The van der Waals surface area contributed by atoms with Gasteiger partial charge < -0.3 is 10.3 Å². The fraction of sp³-hybridized carbons (Fsp3) is 0.467. The Morgan fingerprint density at radius 2 is 1.95 bits per heavy atom. The molecule has 0 amide bonds. The number of hydrogen-bond donors (Lipinski definition) is 1. The molecule has 0 aliphatic heterocycles. The van der Waals surface area contributed by atoms with Crippen molar-refractivity contribution in [2.75, 3.05) is 5.73 Å². The van der Waals surface area contributed by atoms with Crippen LogP contribution in [0.25, 0.3) is 11.4 Å². The van der Waals surface area contributed by atoms with Gasteiger partial charge in [0.25, 0.3) is 0 Å². The zero-order valence-corrected chi connectivity index (χ0v) is 12.4. The zero-order chi connectivity index (χ0) is 14.1. The van der Waals surface area contributed by atoms with Crippen LogP contribution in [-0.4, -0.2) is 14.8 Å². The molecule has 1 saturated carbocycles. The maximum Gasteiger partial charge on any atom is 0.166 e. The number of benzene rings is 1. The van der Waals surface area contributed by atoms with E-state index < -0.39 is 0 Å². The van der Waals surface area contributed by atoms with Crippen molar-refractivity contribution in [2.45, 2.75) is 45.1 Å². The van der Waals surface area contributed by atoms with Crippen LogP contribution >= 0.6 is 11.6 Å². The van der Waals surface area contributed by atoms with Gasteiger partial charge in [0.05, 0.1) is 0 Å². The summed E-state index contributed by atoms with van der Waals surface area (Å²) in [6, 6.07) is 6.04. The molecule has 1 aromatic carbocycles. The molecule has 1 aromatic heterocycles. The van der Waals surface area contributed by atoms with Crippen LogP contribution in [0.1, 0.15) is 44.0 Å². The Morgan fingerprint density at radius 1 is 1.20 bits per heavy atom. The molecule has 0 radical (unpaired) electrons. The second-order valence-corrected chi connectivity index (χ2v) is 5.90. The average molecular weight is 291 g/mol. The van der Waals surface area contributed by atoms with Crippen LogP contribution in [-0.2, 0) is 0 Å². The highest BCUT2D eigenvalue weighted by Crippen LogP contribution is 2.34. The summed E-state index contributed by atoms with van der Waals surface area (Å²) in [5.41, 5.74) is 7.67. The molecule has 0 spiro atoms. The number of nitrogens with two attached hydrogens (primary N) is 1. The molecular formula is C15H19ClN4. The zero-order valence-electron chi connectivity index (χ0n) is 11.6. The molecule has 2 N–H and O–H groups in total. The number of nitrogens with zero attached hydrogens (tertiary/aromatic N) is 3. The Hall–Kier alpha value is -1.55. The Morgan fingerprint density at radius 3 is 2.65 bits per heavy atom. The number of rotatable bonds is 2. The van der Waals surface area contributed by atoms with Gasteiger partial charge in [0.1, 0.15) is 5.82 Å². The van der Waals surface area contributed by atoms with E-state index in [1.807, 2.05) is 19.1 Å². The fourth-order valence-corrected chi connectivity index (χ4v) is 3.25. The molecule has 0 atom stereocenters. The largest absolute Gasteiger partial charge is 0.398 e. The standard InChI is InChI=1S/C15H19ClN4/c1-10-18-19-15(13-8-7-11(16)9-14(13)17)20(10)12-5-3-2-4-6-12/h7-9,12H,2-6,17H2,1H3. The van der Waals surface area contributed by atoms with Gasteiger partial charge in [-0.1, -0.05) is 30.9 Å². The highest BCUT2D eigenvalue weighted by Gasteiger charge is 2.22. The minimum Gasteiger partial charge on any atom is -0.398 e. The third kappa shape index (κ3) is 2.40. The first-order chi connectivity index (χ1) is 9.66. The molecule has 2 aromatic rings. The number of halogens is 1. The molecule has 4 nitrogen and oxygen atoms in total. The summed E-state index contributed by atoms with van der Waals surface area (Å²) in [5.74, 6) is 1.82. The van der Waals surface area contributed by atoms with E-state index in [4.69, 9.17) is 17.3 Å². The van der Waals surface area contributed by atoms with Gasteiger partial charge in [-0.05, 0) is 38.0 Å². The van der Waals surface area contributed by atoms with Crippen molar-refractivity contribution in [3.05, 3.63) is 29.0 Å². The van der Waals surface area contributed by atoms with Gasteiger partial charge in [0, 0.05) is 22.3 Å². The van der Waals surface area contributed by atoms with E-state index in [1.165, 1.54) is 32.1 Å². The van der Waals surface area contributed by atoms with E-state index in [2.05, 4.69) is 14.8 Å². The van der Waals surface area contributed by atoms with Crippen LogP contribution in [0.4, 0.5) is 5.69 Å². The molecule has 1 aliphatic rings. The summed E-state index contributed by atoms with van der Waals surface area (Å²) in [5, 5.41) is 9.24. The first-order valence-electron chi connectivity index (χ1n) is 7.13. The van der Waals surface area contributed by atoms with Crippen molar-refractivity contribution >= 4 is 17.3 Å². The van der Waals surface area contributed by atoms with E-state index in [0.717, 1.165) is 17.2 Å². The Kier molecular flexibility index (Phi) is 3.66. The highest BCUT2D eigenvalue weighted by atomic mass is 35.5. The number of hydrogen-bond acceptors (Lipinski definition) is 3. The highest BCUT2D eigenvalue weighted by molar-refractivity contribution is 6.31. The molecule has 1 fully saturated rings. The van der Waals surface area contributed by atoms with Crippen molar-refractivity contribution in [3.63, 3.8) is 0 Å². The smallest absolute Gasteiger partial charge is 0.166 e. The Labute approximate surface area is 124 Å². The summed E-state index contributed by atoms with van der Waals surface area (Å²) in [4.78, 5) is 0. The van der Waals surface area contributed by atoms with Crippen LogP contribution in [0.5, 0.6) is 0 Å². The summed E-state index contributed by atoms with van der Waals surface area (Å²) >= 11 is 5.98. The van der Waals surface area contributed by atoms with E-state index in [1.54, 1.807) is 6.07 Å². The van der Waals surface area contributed by atoms with E-state index in [0.29, 0.717) is 16.8 Å². The van der Waals surface area contributed by atoms with E-state index in [-0.39, 0.29) is 0 Å². The van der Waals surface area contributed by atoms with Gasteiger partial charge in [0.15, 0.2) is 5.82 Å². The lowest BCUT2D eigenvalue weighted by molar-refractivity contribution is 0.350. The SMILES string of the molecule is Cc1nnc(-c2ccc(Cl)cc2N)n1C1CCCCC1.